The molecule has 0 saturated carbocycles. The van der Waals surface area contributed by atoms with Crippen molar-refractivity contribution in [3.8, 4) is 28.7 Å². The molecule has 0 fully saturated rings. The Morgan fingerprint density at radius 1 is 0.538 bits per heavy atom. The van der Waals surface area contributed by atoms with Crippen LogP contribution in [-0.2, 0) is 0 Å². The van der Waals surface area contributed by atoms with Gasteiger partial charge in [0.15, 0.2) is 0 Å². The van der Waals surface area contributed by atoms with Crippen molar-refractivity contribution >= 4 is 0 Å². The average molecular weight is 357 g/mol. The van der Waals surface area contributed by atoms with Gasteiger partial charge in [-0.15, -0.1) is 0 Å². The van der Waals surface area contributed by atoms with Gasteiger partial charge in [0.1, 0.15) is 28.7 Å². The van der Waals surface area contributed by atoms with E-state index in [1.54, 1.807) is 13.0 Å². The van der Waals surface area contributed by atoms with Crippen LogP contribution >= 0.6 is 0 Å². The van der Waals surface area contributed by atoms with Crippen molar-refractivity contribution in [3.05, 3.63) is 76.9 Å². The van der Waals surface area contributed by atoms with Crippen LogP contribution < -0.4 is 14.2 Å². The molecule has 3 heteroatoms. The minimum atomic E-state index is -2.49. The van der Waals surface area contributed by atoms with Crippen molar-refractivity contribution in [2.24, 2.45) is 0 Å². The van der Waals surface area contributed by atoms with Crippen molar-refractivity contribution in [2.75, 3.05) is 7.11 Å². The lowest BCUT2D eigenvalue weighted by Gasteiger charge is -2.13. The van der Waals surface area contributed by atoms with Crippen LogP contribution in [-0.4, -0.2) is 7.11 Å². The summed E-state index contributed by atoms with van der Waals surface area (Å²) in [6.45, 7) is -5.52. The van der Waals surface area contributed by atoms with Gasteiger partial charge in [-0.2, -0.15) is 0 Å². The Morgan fingerprint density at radius 2 is 0.923 bits per heavy atom. The molecule has 0 aliphatic rings. The van der Waals surface area contributed by atoms with E-state index in [4.69, 9.17) is 26.5 Å². The van der Waals surface area contributed by atoms with Gasteiger partial charge in [-0.1, -0.05) is 6.07 Å². The van der Waals surface area contributed by atoms with Gasteiger partial charge in [0.2, 0.25) is 0 Å². The van der Waals surface area contributed by atoms with Gasteiger partial charge in [0, 0.05) is 24.5 Å². The molecule has 0 N–H and O–H groups in total. The third-order valence-corrected chi connectivity index (χ3v) is 3.52. The summed E-state index contributed by atoms with van der Waals surface area (Å²) in [5.41, 5.74) is 0.662. The molecule has 0 heterocycles. The van der Waals surface area contributed by atoms with Crippen LogP contribution in [0.5, 0.6) is 28.7 Å². The van der Waals surface area contributed by atoms with Crippen molar-refractivity contribution in [1.82, 2.24) is 0 Å². The van der Waals surface area contributed by atoms with Crippen molar-refractivity contribution in [2.45, 2.75) is 27.5 Å². The second-order valence-electron chi connectivity index (χ2n) is 5.83. The Kier molecular flexibility index (Phi) is 2.80. The molecule has 0 aliphatic carbocycles. The predicted molar refractivity (Wildman–Crippen MR) is 105 cm³/mol. The van der Waals surface area contributed by atoms with E-state index in [-0.39, 0.29) is 45.4 Å². The van der Waals surface area contributed by atoms with Crippen molar-refractivity contribution < 1.29 is 26.5 Å². The lowest BCUT2D eigenvalue weighted by Crippen LogP contribution is -1.91. The van der Waals surface area contributed by atoms with Gasteiger partial charge in [0.25, 0.3) is 0 Å². The second kappa shape index (κ2) is 7.52. The van der Waals surface area contributed by atoms with E-state index < -0.39 is 20.6 Å². The minimum Gasteiger partial charge on any atom is -0.497 e. The summed E-state index contributed by atoms with van der Waals surface area (Å²) in [5, 5.41) is 0. The highest BCUT2D eigenvalue weighted by atomic mass is 16.5. The van der Waals surface area contributed by atoms with Crippen LogP contribution in [0.1, 0.15) is 34.6 Å². The molecule has 3 aromatic carbocycles. The van der Waals surface area contributed by atoms with Crippen molar-refractivity contribution in [1.29, 1.82) is 0 Å². The Hall–Kier alpha value is -2.94. The van der Waals surface area contributed by atoms with Crippen LogP contribution in [0, 0.1) is 27.5 Å². The number of ether oxygens (including phenoxy) is 3. The molecule has 0 atom stereocenters. The number of aryl methyl sites for hydroxylation is 4. The minimum absolute atomic E-state index is 0.00717. The normalized spacial score (nSPS) is 17.1. The quantitative estimate of drug-likeness (QED) is 0.520. The summed E-state index contributed by atoms with van der Waals surface area (Å²) in [6.07, 6.45) is 0. The Labute approximate surface area is 167 Å². The first kappa shape index (κ1) is 9.67. The third kappa shape index (κ3) is 4.57. The Balaban J connectivity index is 2.04. The number of hydrogen-bond donors (Lipinski definition) is 0. The lowest BCUT2D eigenvalue weighted by atomic mass is 10.1. The maximum absolute atomic E-state index is 7.81. The van der Waals surface area contributed by atoms with E-state index in [1.165, 1.54) is 55.6 Å². The fourth-order valence-corrected chi connectivity index (χ4v) is 2.52. The molecule has 0 unspecified atom stereocenters. The van der Waals surface area contributed by atoms with E-state index in [1.807, 2.05) is 0 Å². The summed E-state index contributed by atoms with van der Waals surface area (Å²) in [7, 11) is 1.39. The first-order valence-electron chi connectivity index (χ1n) is 12.4. The highest BCUT2D eigenvalue weighted by molar-refractivity contribution is 5.45. The fraction of sp³-hybridized carbons (Fsp3) is 0.217. The molecule has 134 valence electrons. The number of methoxy groups -OCH3 is 1. The Bertz CT molecular complexity index is 1210. The summed E-state index contributed by atoms with van der Waals surface area (Å²) >= 11 is 0. The maximum atomic E-state index is 7.81. The number of hydrogen-bond acceptors (Lipinski definition) is 3. The van der Waals surface area contributed by atoms with E-state index in [0.717, 1.165) is 0 Å². The molecule has 0 amide bonds. The fourth-order valence-electron chi connectivity index (χ4n) is 2.52. The monoisotopic (exact) mass is 357 g/mol. The van der Waals surface area contributed by atoms with Gasteiger partial charge in [0.05, 0.1) is 7.11 Å². The second-order valence-corrected chi connectivity index (χ2v) is 5.83. The SMILES string of the molecule is [2H]C([2H])([2H])c1cc(C)cc(Oc2cc(Oc3cc(OC)cc(C([2H])([2H])[2H])c3)cc(C([2H])([2H])[2H])c2)c1. The Morgan fingerprint density at radius 3 is 1.42 bits per heavy atom. The smallest absolute Gasteiger partial charge is 0.131 e. The topological polar surface area (TPSA) is 27.7 Å². The zero-order chi connectivity index (χ0) is 26.2. The predicted octanol–water partition coefficient (Wildman–Crippen LogP) is 6.51. The molecular weight excluding hydrogens is 324 g/mol. The highest BCUT2D eigenvalue weighted by Crippen LogP contribution is 2.32. The molecule has 26 heavy (non-hydrogen) atoms. The maximum Gasteiger partial charge on any atom is 0.131 e. The van der Waals surface area contributed by atoms with Crippen LogP contribution in [0.15, 0.2) is 54.6 Å². The molecule has 0 aliphatic heterocycles. The summed E-state index contributed by atoms with van der Waals surface area (Å²) < 4.78 is 86.2. The summed E-state index contributed by atoms with van der Waals surface area (Å²) in [6, 6.07) is 12.7. The van der Waals surface area contributed by atoms with E-state index >= 15 is 0 Å². The van der Waals surface area contributed by atoms with Gasteiger partial charge >= 0.3 is 0 Å². The first-order valence-corrected chi connectivity index (χ1v) is 7.88. The highest BCUT2D eigenvalue weighted by Gasteiger charge is 2.06. The zero-order valence-electron chi connectivity index (χ0n) is 23.4. The number of benzene rings is 3. The van der Waals surface area contributed by atoms with Crippen LogP contribution in [0.25, 0.3) is 0 Å². The van der Waals surface area contributed by atoms with E-state index in [9.17, 15) is 0 Å². The van der Waals surface area contributed by atoms with E-state index in [0.29, 0.717) is 5.56 Å². The first-order chi connectivity index (χ1) is 16.0. The summed E-state index contributed by atoms with van der Waals surface area (Å²) in [5.74, 6) is 0.797. The molecule has 0 saturated heterocycles. The standard InChI is InChI=1S/C23H24O3/c1-15-6-16(2)9-20(8-15)25-22-11-18(4)12-23(14-22)26-21-10-17(3)7-19(13-21)24-5/h6-14H,1-5H3/i1D3,3D3,4D3. The van der Waals surface area contributed by atoms with E-state index in [2.05, 4.69) is 0 Å². The largest absolute Gasteiger partial charge is 0.497 e. The van der Waals surface area contributed by atoms with Crippen LogP contribution in [0.2, 0.25) is 0 Å². The molecule has 3 rings (SSSR count). The average Bonchev–Trinajstić information content (AvgIpc) is 2.71. The zero-order valence-corrected chi connectivity index (χ0v) is 14.4. The molecular formula is C23H24O3. The number of rotatable bonds is 5. The van der Waals surface area contributed by atoms with Crippen molar-refractivity contribution in [3.63, 3.8) is 0 Å². The molecule has 3 nitrogen and oxygen atoms in total. The van der Waals surface area contributed by atoms with Gasteiger partial charge in [-0.05, 0) is 86.1 Å². The lowest BCUT2D eigenvalue weighted by molar-refractivity contribution is 0.408. The summed E-state index contributed by atoms with van der Waals surface area (Å²) in [4.78, 5) is 0. The molecule has 0 aromatic heterocycles. The molecule has 3 aromatic rings. The van der Waals surface area contributed by atoms with Crippen LogP contribution in [0.4, 0.5) is 0 Å². The molecule has 0 spiro atoms. The molecule has 0 radical (unpaired) electrons. The van der Waals surface area contributed by atoms with Crippen LogP contribution in [0.3, 0.4) is 0 Å². The third-order valence-electron chi connectivity index (χ3n) is 3.52. The molecule has 0 bridgehead atoms. The van der Waals surface area contributed by atoms with Gasteiger partial charge in [-0.3, -0.25) is 0 Å². The van der Waals surface area contributed by atoms with Gasteiger partial charge in [-0.25, -0.2) is 0 Å². The van der Waals surface area contributed by atoms with Gasteiger partial charge < -0.3 is 14.2 Å².